The molecule has 0 spiro atoms. The molecule has 0 aromatic rings. The van der Waals surface area contributed by atoms with Gasteiger partial charge in [-0.2, -0.15) is 0 Å². The average Bonchev–Trinajstić information content (AvgIpc) is 3.21. The standard InChI is InChI=1S/C23H41NO2/c1-2-9-23-19(6-1)7-5-8-20(23)18-26-22-12-10-21(11-13-22)25-17-16-24-14-3-4-15-24/h19-23H,1-18H2. The molecule has 0 amide bonds. The van der Waals surface area contributed by atoms with Crippen molar-refractivity contribution in [1.29, 1.82) is 0 Å². The molecule has 3 aliphatic carbocycles. The van der Waals surface area contributed by atoms with Crippen molar-refractivity contribution in [1.82, 2.24) is 4.90 Å². The van der Waals surface area contributed by atoms with E-state index in [0.717, 1.165) is 37.5 Å². The van der Waals surface area contributed by atoms with E-state index in [0.29, 0.717) is 12.2 Å². The van der Waals surface area contributed by atoms with E-state index in [1.165, 1.54) is 96.6 Å². The Morgan fingerprint density at radius 2 is 1.35 bits per heavy atom. The summed E-state index contributed by atoms with van der Waals surface area (Å²) >= 11 is 0. The van der Waals surface area contributed by atoms with Gasteiger partial charge >= 0.3 is 0 Å². The molecule has 3 atom stereocenters. The number of likely N-dealkylation sites (tertiary alicyclic amines) is 1. The zero-order valence-corrected chi connectivity index (χ0v) is 16.9. The third-order valence-corrected chi connectivity index (χ3v) is 7.85. The predicted molar refractivity (Wildman–Crippen MR) is 106 cm³/mol. The van der Waals surface area contributed by atoms with Crippen LogP contribution in [-0.4, -0.2) is 50.0 Å². The predicted octanol–water partition coefficient (Wildman–Crippen LogP) is 5.03. The van der Waals surface area contributed by atoms with Crippen molar-refractivity contribution in [2.75, 3.05) is 32.8 Å². The van der Waals surface area contributed by atoms with Gasteiger partial charge < -0.3 is 14.4 Å². The van der Waals surface area contributed by atoms with Crippen molar-refractivity contribution in [3.05, 3.63) is 0 Å². The summed E-state index contributed by atoms with van der Waals surface area (Å²) in [5.41, 5.74) is 0. The van der Waals surface area contributed by atoms with Crippen molar-refractivity contribution in [3.63, 3.8) is 0 Å². The lowest BCUT2D eigenvalue weighted by Crippen LogP contribution is -2.35. The number of hydrogen-bond acceptors (Lipinski definition) is 3. The van der Waals surface area contributed by atoms with Gasteiger partial charge in [-0.05, 0) is 82.2 Å². The molecule has 150 valence electrons. The van der Waals surface area contributed by atoms with Crippen molar-refractivity contribution < 1.29 is 9.47 Å². The van der Waals surface area contributed by atoms with Crippen LogP contribution in [0.3, 0.4) is 0 Å². The summed E-state index contributed by atoms with van der Waals surface area (Å²) in [7, 11) is 0. The molecule has 3 nitrogen and oxygen atoms in total. The molecule has 1 saturated heterocycles. The molecule has 1 heterocycles. The van der Waals surface area contributed by atoms with Gasteiger partial charge in [-0.15, -0.1) is 0 Å². The lowest BCUT2D eigenvalue weighted by Gasteiger charge is -2.42. The van der Waals surface area contributed by atoms with Gasteiger partial charge in [0.25, 0.3) is 0 Å². The molecule has 3 unspecified atom stereocenters. The Balaban J connectivity index is 1.10. The van der Waals surface area contributed by atoms with Gasteiger partial charge in [0.05, 0.1) is 25.4 Å². The van der Waals surface area contributed by atoms with Gasteiger partial charge in [-0.25, -0.2) is 0 Å². The van der Waals surface area contributed by atoms with E-state index in [1.54, 1.807) is 0 Å². The monoisotopic (exact) mass is 363 g/mol. The van der Waals surface area contributed by atoms with Crippen LogP contribution in [-0.2, 0) is 9.47 Å². The second kappa shape index (κ2) is 9.89. The second-order valence-electron chi connectivity index (χ2n) is 9.55. The Hall–Kier alpha value is -0.120. The van der Waals surface area contributed by atoms with Gasteiger partial charge in [-0.3, -0.25) is 0 Å². The highest BCUT2D eigenvalue weighted by molar-refractivity contribution is 4.85. The summed E-state index contributed by atoms with van der Waals surface area (Å²) in [5.74, 6) is 2.89. The van der Waals surface area contributed by atoms with Gasteiger partial charge in [0.15, 0.2) is 0 Å². The Labute approximate surface area is 161 Å². The van der Waals surface area contributed by atoms with Crippen LogP contribution in [0.4, 0.5) is 0 Å². The second-order valence-corrected chi connectivity index (χ2v) is 9.55. The van der Waals surface area contributed by atoms with E-state index >= 15 is 0 Å². The van der Waals surface area contributed by atoms with E-state index in [9.17, 15) is 0 Å². The maximum absolute atomic E-state index is 6.44. The summed E-state index contributed by atoms with van der Waals surface area (Å²) < 4.78 is 12.6. The molecule has 3 saturated carbocycles. The number of rotatable bonds is 7. The first-order valence-electron chi connectivity index (χ1n) is 11.8. The maximum atomic E-state index is 6.44. The van der Waals surface area contributed by atoms with Gasteiger partial charge in [-0.1, -0.05) is 32.1 Å². The first-order chi connectivity index (χ1) is 12.9. The molecule has 0 aromatic heterocycles. The largest absolute Gasteiger partial charge is 0.378 e. The zero-order valence-electron chi connectivity index (χ0n) is 16.9. The summed E-state index contributed by atoms with van der Waals surface area (Å²) in [6, 6.07) is 0. The zero-order chi connectivity index (χ0) is 17.6. The normalized spacial score (nSPS) is 39.0. The highest BCUT2D eigenvalue weighted by Gasteiger charge is 2.35. The van der Waals surface area contributed by atoms with E-state index in [4.69, 9.17) is 9.47 Å². The topological polar surface area (TPSA) is 21.7 Å². The molecule has 26 heavy (non-hydrogen) atoms. The quantitative estimate of drug-likeness (QED) is 0.633. The van der Waals surface area contributed by atoms with Crippen LogP contribution in [0, 0.1) is 17.8 Å². The third kappa shape index (κ3) is 5.23. The molecule has 0 bridgehead atoms. The molecule has 0 aromatic carbocycles. The van der Waals surface area contributed by atoms with Crippen molar-refractivity contribution in [2.24, 2.45) is 17.8 Å². The Morgan fingerprint density at radius 3 is 2.15 bits per heavy atom. The SMILES string of the molecule is C1CCC2C(C1)CCCC2COC1CCC(OCCN2CCCC2)CC1. The minimum atomic E-state index is 0.495. The van der Waals surface area contributed by atoms with Crippen LogP contribution in [0.15, 0.2) is 0 Å². The van der Waals surface area contributed by atoms with Crippen molar-refractivity contribution in [3.8, 4) is 0 Å². The molecule has 4 aliphatic rings. The van der Waals surface area contributed by atoms with Crippen LogP contribution in [0.1, 0.15) is 83.5 Å². The Bertz CT molecular complexity index is 399. The average molecular weight is 364 g/mol. The fraction of sp³-hybridized carbons (Fsp3) is 1.00. The molecule has 0 N–H and O–H groups in total. The Kier molecular flexibility index (Phi) is 7.30. The minimum absolute atomic E-state index is 0.495. The molecule has 0 radical (unpaired) electrons. The van der Waals surface area contributed by atoms with Crippen molar-refractivity contribution in [2.45, 2.75) is 95.7 Å². The molecular formula is C23H41NO2. The van der Waals surface area contributed by atoms with E-state index in [1.807, 2.05) is 0 Å². The van der Waals surface area contributed by atoms with Crippen molar-refractivity contribution >= 4 is 0 Å². The molecule has 4 rings (SSSR count). The number of nitrogens with zero attached hydrogens (tertiary/aromatic N) is 1. The van der Waals surface area contributed by atoms with Gasteiger partial charge in [0.2, 0.25) is 0 Å². The lowest BCUT2D eigenvalue weighted by atomic mass is 9.66. The first kappa shape index (κ1) is 19.2. The maximum Gasteiger partial charge on any atom is 0.0597 e. The van der Waals surface area contributed by atoms with Gasteiger partial charge in [0.1, 0.15) is 0 Å². The third-order valence-electron chi connectivity index (χ3n) is 7.85. The molecular weight excluding hydrogens is 322 g/mol. The lowest BCUT2D eigenvalue weighted by molar-refractivity contribution is -0.0582. The van der Waals surface area contributed by atoms with Crippen LogP contribution in [0.25, 0.3) is 0 Å². The summed E-state index contributed by atoms with van der Waals surface area (Å²) in [6.45, 7) is 5.69. The van der Waals surface area contributed by atoms with E-state index in [2.05, 4.69) is 4.90 Å². The van der Waals surface area contributed by atoms with E-state index < -0.39 is 0 Å². The fourth-order valence-electron chi connectivity index (χ4n) is 6.26. The summed E-state index contributed by atoms with van der Waals surface area (Å²) in [4.78, 5) is 2.55. The number of hydrogen-bond donors (Lipinski definition) is 0. The highest BCUT2D eigenvalue weighted by atomic mass is 16.5. The number of ether oxygens (including phenoxy) is 2. The van der Waals surface area contributed by atoms with Crippen LogP contribution >= 0.6 is 0 Å². The van der Waals surface area contributed by atoms with E-state index in [-0.39, 0.29) is 0 Å². The fourth-order valence-corrected chi connectivity index (χ4v) is 6.26. The molecule has 1 aliphatic heterocycles. The highest BCUT2D eigenvalue weighted by Crippen LogP contribution is 2.44. The first-order valence-corrected chi connectivity index (χ1v) is 11.8. The van der Waals surface area contributed by atoms with Crippen LogP contribution in [0.5, 0.6) is 0 Å². The number of fused-ring (bicyclic) bond motifs is 1. The Morgan fingerprint density at radius 1 is 0.654 bits per heavy atom. The van der Waals surface area contributed by atoms with Crippen LogP contribution in [0.2, 0.25) is 0 Å². The summed E-state index contributed by atoms with van der Waals surface area (Å²) in [6.07, 6.45) is 18.9. The van der Waals surface area contributed by atoms with Crippen LogP contribution < -0.4 is 0 Å². The minimum Gasteiger partial charge on any atom is -0.378 e. The molecule has 3 heteroatoms. The molecule has 4 fully saturated rings. The smallest absolute Gasteiger partial charge is 0.0597 e. The van der Waals surface area contributed by atoms with Gasteiger partial charge in [0, 0.05) is 6.54 Å². The summed E-state index contributed by atoms with van der Waals surface area (Å²) in [5, 5.41) is 0.